The Morgan fingerprint density at radius 2 is 2.08 bits per heavy atom. The quantitative estimate of drug-likeness (QED) is 0.587. The highest BCUT2D eigenvalue weighted by Gasteiger charge is 2.48. The molecule has 3 rings (SSSR count). The normalized spacial score (nSPS) is 27.9. The van der Waals surface area contributed by atoms with Crippen molar-refractivity contribution >= 4 is 13.1 Å². The standard InChI is InChI=1S/C20H26BFO4/c1-15-19(2,3)26-21(25-15)17-9-11-20(14-22,12-10-17)18(23)24-13-16-7-5-4-6-8-16/h4-9,15H,10-14H2,1-3H3/t15?,20-/m0/s1. The molecule has 0 bridgehead atoms. The Hall–Kier alpha value is -1.66. The van der Waals surface area contributed by atoms with Crippen LogP contribution in [0.15, 0.2) is 41.9 Å². The lowest BCUT2D eigenvalue weighted by molar-refractivity contribution is -0.159. The van der Waals surface area contributed by atoms with Gasteiger partial charge in [-0.2, -0.15) is 0 Å². The minimum absolute atomic E-state index is 0.0166. The van der Waals surface area contributed by atoms with Gasteiger partial charge in [-0.3, -0.25) is 4.79 Å². The molecule has 1 aliphatic carbocycles. The van der Waals surface area contributed by atoms with Gasteiger partial charge in [-0.25, -0.2) is 4.39 Å². The Morgan fingerprint density at radius 3 is 2.62 bits per heavy atom. The highest BCUT2D eigenvalue weighted by molar-refractivity contribution is 6.54. The largest absolute Gasteiger partial charge is 0.490 e. The molecule has 1 fully saturated rings. The van der Waals surface area contributed by atoms with E-state index in [2.05, 4.69) is 0 Å². The fraction of sp³-hybridized carbons (Fsp3) is 0.550. The fourth-order valence-electron chi connectivity index (χ4n) is 3.28. The maximum Gasteiger partial charge on any atom is 0.490 e. The molecule has 140 valence electrons. The van der Waals surface area contributed by atoms with Crippen LogP contribution in [0.1, 0.15) is 45.6 Å². The maximum atomic E-state index is 13.8. The Labute approximate surface area is 154 Å². The van der Waals surface area contributed by atoms with Crippen molar-refractivity contribution in [3.63, 3.8) is 0 Å². The summed E-state index contributed by atoms with van der Waals surface area (Å²) < 4.78 is 31.1. The zero-order valence-corrected chi connectivity index (χ0v) is 15.7. The molecule has 0 N–H and O–H groups in total. The third-order valence-corrected chi connectivity index (χ3v) is 5.57. The summed E-state index contributed by atoms with van der Waals surface area (Å²) in [5.41, 5.74) is 0.431. The second kappa shape index (κ2) is 7.53. The van der Waals surface area contributed by atoms with E-state index in [-0.39, 0.29) is 18.3 Å². The number of carbonyl (C=O) groups excluding carboxylic acids is 1. The molecule has 2 atom stereocenters. The summed E-state index contributed by atoms with van der Waals surface area (Å²) >= 11 is 0. The molecule has 0 saturated carbocycles. The van der Waals surface area contributed by atoms with Crippen LogP contribution in [0, 0.1) is 5.41 Å². The molecule has 1 aromatic rings. The number of esters is 1. The van der Waals surface area contributed by atoms with Gasteiger partial charge in [0.15, 0.2) is 0 Å². The first-order chi connectivity index (χ1) is 12.4. The molecule has 1 saturated heterocycles. The number of benzene rings is 1. The van der Waals surface area contributed by atoms with E-state index in [9.17, 15) is 9.18 Å². The summed E-state index contributed by atoms with van der Waals surface area (Å²) in [7, 11) is -0.405. The first-order valence-electron chi connectivity index (χ1n) is 9.16. The fourth-order valence-corrected chi connectivity index (χ4v) is 3.28. The minimum Gasteiger partial charge on any atom is -0.460 e. The van der Waals surface area contributed by atoms with Gasteiger partial charge in [0, 0.05) is 0 Å². The van der Waals surface area contributed by atoms with Gasteiger partial charge in [0.05, 0.1) is 17.1 Å². The van der Waals surface area contributed by atoms with E-state index in [1.165, 1.54) is 0 Å². The number of hydrogen-bond donors (Lipinski definition) is 0. The van der Waals surface area contributed by atoms with Gasteiger partial charge in [0.1, 0.15) is 13.3 Å². The van der Waals surface area contributed by atoms with Gasteiger partial charge in [-0.1, -0.05) is 36.4 Å². The molecule has 4 nitrogen and oxygen atoms in total. The van der Waals surface area contributed by atoms with E-state index in [1.54, 1.807) is 0 Å². The topological polar surface area (TPSA) is 44.8 Å². The average molecular weight is 360 g/mol. The zero-order chi connectivity index (χ0) is 18.8. The zero-order valence-electron chi connectivity index (χ0n) is 15.7. The van der Waals surface area contributed by atoms with Gasteiger partial charge in [0.25, 0.3) is 0 Å². The second-order valence-corrected chi connectivity index (χ2v) is 7.79. The van der Waals surface area contributed by atoms with Crippen molar-refractivity contribution in [2.75, 3.05) is 6.67 Å². The van der Waals surface area contributed by atoms with Crippen molar-refractivity contribution in [3.05, 3.63) is 47.4 Å². The lowest BCUT2D eigenvalue weighted by Crippen LogP contribution is -2.38. The number of rotatable bonds is 5. The SMILES string of the molecule is CC1OB(C2=CC[C@](CF)(C(=O)OCc3ccccc3)CC2)OC1(C)C. The van der Waals surface area contributed by atoms with Crippen LogP contribution in [0.25, 0.3) is 0 Å². The van der Waals surface area contributed by atoms with Crippen LogP contribution < -0.4 is 0 Å². The third-order valence-electron chi connectivity index (χ3n) is 5.57. The lowest BCUT2D eigenvalue weighted by Gasteiger charge is -2.32. The van der Waals surface area contributed by atoms with E-state index in [0.717, 1.165) is 11.0 Å². The molecule has 0 amide bonds. The van der Waals surface area contributed by atoms with Crippen LogP contribution in [0.2, 0.25) is 0 Å². The van der Waals surface area contributed by atoms with Gasteiger partial charge in [-0.15, -0.1) is 0 Å². The molecule has 0 spiro atoms. The molecule has 6 heteroatoms. The Balaban J connectivity index is 1.62. The molecule has 1 unspecified atom stereocenters. The lowest BCUT2D eigenvalue weighted by atomic mass is 9.66. The van der Waals surface area contributed by atoms with Gasteiger partial charge >= 0.3 is 13.1 Å². The predicted octanol–water partition coefficient (Wildman–Crippen LogP) is 4.04. The molecule has 1 aromatic carbocycles. The highest BCUT2D eigenvalue weighted by atomic mass is 19.1. The molecule has 1 aliphatic heterocycles. The summed E-state index contributed by atoms with van der Waals surface area (Å²) in [6, 6.07) is 9.43. The van der Waals surface area contributed by atoms with Crippen LogP contribution in [0.4, 0.5) is 4.39 Å². The van der Waals surface area contributed by atoms with E-state index in [1.807, 2.05) is 57.2 Å². The molecule has 1 heterocycles. The number of hydrogen-bond acceptors (Lipinski definition) is 4. The van der Waals surface area contributed by atoms with Crippen molar-refractivity contribution in [2.45, 2.75) is 58.3 Å². The van der Waals surface area contributed by atoms with Crippen molar-refractivity contribution in [1.82, 2.24) is 0 Å². The maximum absolute atomic E-state index is 13.8. The number of carbonyl (C=O) groups is 1. The molecule has 26 heavy (non-hydrogen) atoms. The Kier molecular flexibility index (Phi) is 5.54. The molecule has 0 aromatic heterocycles. The third kappa shape index (κ3) is 3.86. The molecular weight excluding hydrogens is 334 g/mol. The van der Waals surface area contributed by atoms with Crippen LogP contribution in [0.5, 0.6) is 0 Å². The van der Waals surface area contributed by atoms with Crippen LogP contribution in [-0.2, 0) is 25.4 Å². The van der Waals surface area contributed by atoms with Crippen LogP contribution >= 0.6 is 0 Å². The van der Waals surface area contributed by atoms with Gasteiger partial charge in [0.2, 0.25) is 0 Å². The monoisotopic (exact) mass is 360 g/mol. The highest BCUT2D eigenvalue weighted by Crippen LogP contribution is 2.40. The number of ether oxygens (including phenoxy) is 1. The number of alkyl halides is 1. The van der Waals surface area contributed by atoms with Crippen molar-refractivity contribution in [3.8, 4) is 0 Å². The number of allylic oxidation sites excluding steroid dienone is 2. The van der Waals surface area contributed by atoms with Gasteiger partial charge < -0.3 is 14.0 Å². The van der Waals surface area contributed by atoms with E-state index >= 15 is 0 Å². The van der Waals surface area contributed by atoms with Crippen molar-refractivity contribution in [1.29, 1.82) is 0 Å². The van der Waals surface area contributed by atoms with E-state index in [4.69, 9.17) is 14.0 Å². The second-order valence-electron chi connectivity index (χ2n) is 7.79. The summed E-state index contributed by atoms with van der Waals surface area (Å²) in [5.74, 6) is -0.471. The first-order valence-corrected chi connectivity index (χ1v) is 9.16. The summed E-state index contributed by atoms with van der Waals surface area (Å²) in [6.07, 6.45) is 3.16. The molecule has 2 aliphatic rings. The van der Waals surface area contributed by atoms with Crippen molar-refractivity contribution < 1.29 is 23.2 Å². The smallest absolute Gasteiger partial charge is 0.460 e. The predicted molar refractivity (Wildman–Crippen MR) is 98.0 cm³/mol. The molecular formula is C20H26BFO4. The molecule has 0 radical (unpaired) electrons. The Morgan fingerprint density at radius 1 is 1.35 bits per heavy atom. The van der Waals surface area contributed by atoms with Crippen LogP contribution in [0.3, 0.4) is 0 Å². The summed E-state index contributed by atoms with van der Waals surface area (Å²) in [5, 5.41) is 0. The van der Waals surface area contributed by atoms with E-state index in [0.29, 0.717) is 19.3 Å². The summed E-state index contributed by atoms with van der Waals surface area (Å²) in [6.45, 7) is 5.41. The summed E-state index contributed by atoms with van der Waals surface area (Å²) in [4.78, 5) is 12.6. The average Bonchev–Trinajstić information content (AvgIpc) is 2.93. The minimum atomic E-state index is -1.10. The first kappa shape index (κ1) is 19.1. The number of halogens is 1. The van der Waals surface area contributed by atoms with Gasteiger partial charge in [-0.05, 0) is 51.1 Å². The van der Waals surface area contributed by atoms with E-state index < -0.39 is 25.2 Å². The van der Waals surface area contributed by atoms with Crippen LogP contribution in [-0.4, -0.2) is 31.5 Å². The van der Waals surface area contributed by atoms with Crippen molar-refractivity contribution in [2.24, 2.45) is 5.41 Å². The Bertz CT molecular complexity index is 676.